The number of anilines is 1. The number of nitro groups is 1. The molecule has 1 aliphatic rings. The van der Waals surface area contributed by atoms with Gasteiger partial charge in [-0.2, -0.15) is 0 Å². The molecular weight excluding hydrogens is 344 g/mol. The second-order valence-corrected chi connectivity index (χ2v) is 6.58. The van der Waals surface area contributed by atoms with Gasteiger partial charge in [-0.25, -0.2) is 0 Å². The maximum Gasteiger partial charge on any atom is 0.324 e. The quantitative estimate of drug-likeness (QED) is 0.293. The molecule has 0 aliphatic carbocycles. The molecule has 0 saturated carbocycles. The predicted molar refractivity (Wildman–Crippen MR) is 92.6 cm³/mol. The molecule has 0 unspecified atom stereocenters. The van der Waals surface area contributed by atoms with Crippen LogP contribution < -0.4 is 9.63 Å². The lowest BCUT2D eigenvalue weighted by Gasteiger charge is -2.30. The summed E-state index contributed by atoms with van der Waals surface area (Å²) in [4.78, 5) is 26.9. The first kappa shape index (κ1) is 16.9. The Bertz CT molecular complexity index is 812. The summed E-state index contributed by atoms with van der Waals surface area (Å²) in [5.74, 6) is 0.566. The summed E-state index contributed by atoms with van der Waals surface area (Å²) in [5.41, 5.74) is 0. The fourth-order valence-electron chi connectivity index (χ4n) is 2.62. The second-order valence-electron chi connectivity index (χ2n) is 5.48. The van der Waals surface area contributed by atoms with Crippen LogP contribution in [-0.4, -0.2) is 47.1 Å². The van der Waals surface area contributed by atoms with Crippen molar-refractivity contribution in [2.24, 2.45) is 0 Å². The summed E-state index contributed by atoms with van der Waals surface area (Å²) in [6, 6.07) is 8.46. The van der Waals surface area contributed by atoms with E-state index in [2.05, 4.69) is 0 Å². The Morgan fingerprint density at radius 3 is 2.64 bits per heavy atom. The first-order valence-corrected chi connectivity index (χ1v) is 8.52. The van der Waals surface area contributed by atoms with Gasteiger partial charge >= 0.3 is 10.8 Å². The van der Waals surface area contributed by atoms with Crippen LogP contribution in [-0.2, 0) is 4.79 Å². The summed E-state index contributed by atoms with van der Waals surface area (Å²) in [5, 5.41) is 20.5. The van der Waals surface area contributed by atoms with Crippen LogP contribution in [0.2, 0.25) is 0 Å². The number of carbonyl (C=O) groups is 1. The molecule has 1 amide bonds. The molecule has 3 heterocycles. The first-order valence-electron chi connectivity index (χ1n) is 7.71. The lowest BCUT2D eigenvalue weighted by atomic mass is 10.3. The van der Waals surface area contributed by atoms with Crippen molar-refractivity contribution in [3.63, 3.8) is 0 Å². The molecular formula is C16H17N4O4S+. The third kappa shape index (κ3) is 3.94. The molecule has 1 N–H and O–H groups in total. The van der Waals surface area contributed by atoms with Crippen LogP contribution in [0, 0.1) is 10.1 Å². The molecule has 2 aromatic rings. The largest absolute Gasteiger partial charge is 0.350 e. The smallest absolute Gasteiger partial charge is 0.324 e. The van der Waals surface area contributed by atoms with Crippen molar-refractivity contribution in [3.8, 4) is 0 Å². The van der Waals surface area contributed by atoms with E-state index >= 15 is 0 Å². The standard InChI is InChI=1S/C16H17N4O4S/c21-15(6-4-13-5-7-16(25-13)20(23)24)18-11-9-17(10-12-18)14-3-1-2-8-19(14)22/h1-8,22H,9-12H2/q+1/b6-4+. The number of pyridine rings is 1. The highest BCUT2D eigenvalue weighted by molar-refractivity contribution is 7.16. The van der Waals surface area contributed by atoms with Crippen molar-refractivity contribution in [1.29, 1.82) is 0 Å². The molecule has 25 heavy (non-hydrogen) atoms. The average Bonchev–Trinajstić information content (AvgIpc) is 3.10. The highest BCUT2D eigenvalue weighted by Gasteiger charge is 2.26. The van der Waals surface area contributed by atoms with Crippen LogP contribution in [0.5, 0.6) is 0 Å². The van der Waals surface area contributed by atoms with Gasteiger partial charge in [-0.15, -0.1) is 0 Å². The molecule has 0 bridgehead atoms. The number of hydrogen-bond acceptors (Lipinski definition) is 6. The third-order valence-corrected chi connectivity index (χ3v) is 4.92. The number of amides is 1. The van der Waals surface area contributed by atoms with Crippen LogP contribution >= 0.6 is 11.3 Å². The Kier molecular flexibility index (Phi) is 4.94. The topological polar surface area (TPSA) is 90.8 Å². The van der Waals surface area contributed by atoms with Gasteiger partial charge in [0, 0.05) is 23.1 Å². The van der Waals surface area contributed by atoms with E-state index in [4.69, 9.17) is 0 Å². The lowest BCUT2D eigenvalue weighted by Crippen LogP contribution is -2.51. The molecule has 8 nitrogen and oxygen atoms in total. The minimum Gasteiger partial charge on any atom is -0.350 e. The Balaban J connectivity index is 1.57. The fourth-order valence-corrected chi connectivity index (χ4v) is 3.34. The van der Waals surface area contributed by atoms with Crippen LogP contribution in [0.15, 0.2) is 42.6 Å². The van der Waals surface area contributed by atoms with E-state index < -0.39 is 4.92 Å². The van der Waals surface area contributed by atoms with Crippen molar-refractivity contribution >= 4 is 34.1 Å². The number of carbonyl (C=O) groups excluding carboxylic acids is 1. The van der Waals surface area contributed by atoms with Crippen molar-refractivity contribution in [3.05, 3.63) is 57.6 Å². The Morgan fingerprint density at radius 1 is 1.24 bits per heavy atom. The van der Waals surface area contributed by atoms with Crippen LogP contribution in [0.3, 0.4) is 0 Å². The first-order chi connectivity index (χ1) is 12.0. The second kappa shape index (κ2) is 7.31. The zero-order chi connectivity index (χ0) is 17.8. The van der Waals surface area contributed by atoms with E-state index in [9.17, 15) is 20.1 Å². The number of piperazine rings is 1. The number of thiophene rings is 1. The van der Waals surface area contributed by atoms with Gasteiger partial charge in [0.05, 0.1) is 18.0 Å². The molecule has 0 atom stereocenters. The minimum atomic E-state index is -0.444. The molecule has 0 spiro atoms. The third-order valence-electron chi connectivity index (χ3n) is 3.92. The molecule has 9 heteroatoms. The Hall–Kier alpha value is -2.94. The van der Waals surface area contributed by atoms with Crippen LogP contribution in [0.25, 0.3) is 6.08 Å². The zero-order valence-corrected chi connectivity index (χ0v) is 14.1. The number of nitrogens with zero attached hydrogens (tertiary/aromatic N) is 4. The van der Waals surface area contributed by atoms with E-state index in [1.807, 2.05) is 17.0 Å². The summed E-state index contributed by atoms with van der Waals surface area (Å²) < 4.78 is 1.07. The highest BCUT2D eigenvalue weighted by atomic mass is 32.1. The number of aromatic nitrogens is 1. The van der Waals surface area contributed by atoms with Crippen LogP contribution in [0.4, 0.5) is 10.8 Å². The zero-order valence-electron chi connectivity index (χ0n) is 13.3. The average molecular weight is 361 g/mol. The molecule has 1 fully saturated rings. The van der Waals surface area contributed by atoms with Crippen LogP contribution in [0.1, 0.15) is 4.88 Å². The number of hydrogen-bond donors (Lipinski definition) is 1. The predicted octanol–water partition coefficient (Wildman–Crippen LogP) is 1.54. The summed E-state index contributed by atoms with van der Waals surface area (Å²) in [6.07, 6.45) is 4.61. The maximum atomic E-state index is 12.3. The van der Waals surface area contributed by atoms with E-state index in [1.54, 1.807) is 29.3 Å². The SMILES string of the molecule is O=C(/C=C/c1ccc([N+](=O)[O-])s1)N1CCN(c2cccc[n+]2O)CC1. The van der Waals surface area contributed by atoms with Gasteiger partial charge in [0.2, 0.25) is 5.91 Å². The molecule has 0 radical (unpaired) electrons. The molecule has 2 aromatic heterocycles. The molecule has 0 aromatic carbocycles. The van der Waals surface area contributed by atoms with Crippen molar-refractivity contribution in [2.75, 3.05) is 31.1 Å². The summed E-state index contributed by atoms with van der Waals surface area (Å²) in [6.45, 7) is 2.33. The molecule has 130 valence electrons. The Morgan fingerprint density at radius 2 is 2.00 bits per heavy atom. The van der Waals surface area contributed by atoms with Gasteiger partial charge < -0.3 is 10.1 Å². The maximum absolute atomic E-state index is 12.3. The van der Waals surface area contributed by atoms with E-state index in [0.29, 0.717) is 36.9 Å². The van der Waals surface area contributed by atoms with Gasteiger partial charge in [-0.3, -0.25) is 19.8 Å². The molecule has 3 rings (SSSR count). The fraction of sp³-hybridized carbons (Fsp3) is 0.250. The van der Waals surface area contributed by atoms with Crippen molar-refractivity contribution < 1.29 is 19.7 Å². The Labute approximate surface area is 148 Å². The molecule has 1 aliphatic heterocycles. The molecule has 1 saturated heterocycles. The normalized spacial score (nSPS) is 14.9. The summed E-state index contributed by atoms with van der Waals surface area (Å²) in [7, 11) is 0. The lowest BCUT2D eigenvalue weighted by molar-refractivity contribution is -0.894. The van der Waals surface area contributed by atoms with Gasteiger partial charge in [-0.1, -0.05) is 22.1 Å². The van der Waals surface area contributed by atoms with E-state index in [0.717, 1.165) is 16.1 Å². The van der Waals surface area contributed by atoms with E-state index in [1.165, 1.54) is 12.1 Å². The van der Waals surface area contributed by atoms with Gasteiger partial charge in [-0.05, 0) is 18.2 Å². The monoisotopic (exact) mass is 361 g/mol. The van der Waals surface area contributed by atoms with Gasteiger partial charge in [0.25, 0.3) is 0 Å². The van der Waals surface area contributed by atoms with Gasteiger partial charge in [0.1, 0.15) is 19.3 Å². The highest BCUT2D eigenvalue weighted by Crippen LogP contribution is 2.24. The van der Waals surface area contributed by atoms with Crippen molar-refractivity contribution in [2.45, 2.75) is 0 Å². The van der Waals surface area contributed by atoms with Gasteiger partial charge in [0.15, 0.2) is 0 Å². The summed E-state index contributed by atoms with van der Waals surface area (Å²) >= 11 is 1.03. The van der Waals surface area contributed by atoms with E-state index in [-0.39, 0.29) is 10.9 Å². The minimum absolute atomic E-state index is 0.0564. The number of rotatable bonds is 4. The van der Waals surface area contributed by atoms with Crippen molar-refractivity contribution in [1.82, 2.24) is 4.90 Å².